The number of ether oxygens (including phenoxy) is 3. The average Bonchev–Trinajstić information content (AvgIpc) is 3.14. The van der Waals surface area contributed by atoms with Gasteiger partial charge in [0, 0.05) is 0 Å². The van der Waals surface area contributed by atoms with Crippen LogP contribution in [0.1, 0.15) is 11.1 Å². The fraction of sp³-hybridized carbons (Fsp3) is 0.150. The fourth-order valence-corrected chi connectivity index (χ4v) is 2.71. The predicted molar refractivity (Wildman–Crippen MR) is 102 cm³/mol. The first-order chi connectivity index (χ1) is 13.5. The van der Waals surface area contributed by atoms with Gasteiger partial charge < -0.3 is 19.5 Å². The Bertz CT molecular complexity index is 1010. The Balaban J connectivity index is 1.61. The highest BCUT2D eigenvalue weighted by Crippen LogP contribution is 2.33. The lowest BCUT2D eigenvalue weighted by molar-refractivity contribution is -0.142. The lowest BCUT2D eigenvalue weighted by atomic mass is 10.1. The number of carbonyl (C=O) groups is 2. The first kappa shape index (κ1) is 19.3. The summed E-state index contributed by atoms with van der Waals surface area (Å²) in [6.45, 7) is 1.44. The second-order valence-corrected chi connectivity index (χ2v) is 6.30. The number of benzene rings is 2. The highest BCUT2D eigenvalue weighted by Gasteiger charge is 2.16. The van der Waals surface area contributed by atoms with Gasteiger partial charge in [0.15, 0.2) is 18.1 Å². The van der Waals surface area contributed by atoms with Crippen LogP contribution < -0.4 is 14.8 Å². The molecule has 0 aliphatic carbocycles. The molecule has 1 aliphatic heterocycles. The first-order valence-corrected chi connectivity index (χ1v) is 8.58. The van der Waals surface area contributed by atoms with Crippen LogP contribution in [0.15, 0.2) is 42.0 Å². The Morgan fingerprint density at radius 2 is 2.04 bits per heavy atom. The number of halogens is 1. The summed E-state index contributed by atoms with van der Waals surface area (Å²) in [4.78, 5) is 24.1. The van der Waals surface area contributed by atoms with Crippen LogP contribution in [0, 0.1) is 18.3 Å². The van der Waals surface area contributed by atoms with Gasteiger partial charge in [0.2, 0.25) is 6.79 Å². The highest BCUT2D eigenvalue weighted by atomic mass is 35.5. The SMILES string of the molecule is Cc1ccc(NC(=O)COC(=O)/C(C#N)=C\c2ccc3c(c2)OCO3)c(Cl)c1. The summed E-state index contributed by atoms with van der Waals surface area (Å²) in [5.41, 5.74) is 1.67. The number of fused-ring (bicyclic) bond motifs is 1. The molecule has 0 saturated carbocycles. The molecule has 0 spiro atoms. The summed E-state index contributed by atoms with van der Waals surface area (Å²) < 4.78 is 15.4. The Hall–Kier alpha value is -3.50. The molecule has 0 saturated heterocycles. The van der Waals surface area contributed by atoms with E-state index in [9.17, 15) is 14.9 Å². The fourth-order valence-electron chi connectivity index (χ4n) is 2.42. The monoisotopic (exact) mass is 398 g/mol. The van der Waals surface area contributed by atoms with E-state index in [-0.39, 0.29) is 12.4 Å². The van der Waals surface area contributed by atoms with E-state index in [0.29, 0.717) is 27.8 Å². The maximum absolute atomic E-state index is 12.1. The minimum absolute atomic E-state index is 0.121. The predicted octanol–water partition coefficient (Wildman–Crippen LogP) is 3.47. The maximum atomic E-state index is 12.1. The standard InChI is InChI=1S/C20H15ClN2O5/c1-12-2-4-16(15(21)6-12)23-19(24)10-26-20(25)14(9-22)7-13-3-5-17-18(8-13)28-11-27-17/h2-8H,10-11H2,1H3,(H,23,24)/b14-7-. The molecule has 1 amide bonds. The normalized spacial score (nSPS) is 12.2. The second kappa shape index (κ2) is 8.46. The van der Waals surface area contributed by atoms with Crippen molar-refractivity contribution in [1.29, 1.82) is 5.26 Å². The van der Waals surface area contributed by atoms with Crippen LogP contribution in [0.3, 0.4) is 0 Å². The quantitative estimate of drug-likeness (QED) is 0.470. The molecule has 7 nitrogen and oxygen atoms in total. The van der Waals surface area contributed by atoms with Crippen molar-refractivity contribution in [2.75, 3.05) is 18.7 Å². The van der Waals surface area contributed by atoms with E-state index < -0.39 is 18.5 Å². The van der Waals surface area contributed by atoms with E-state index in [4.69, 9.17) is 25.8 Å². The smallest absolute Gasteiger partial charge is 0.349 e. The zero-order chi connectivity index (χ0) is 20.1. The van der Waals surface area contributed by atoms with Gasteiger partial charge >= 0.3 is 5.97 Å². The van der Waals surface area contributed by atoms with E-state index in [1.54, 1.807) is 42.5 Å². The zero-order valence-corrected chi connectivity index (χ0v) is 15.6. The topological polar surface area (TPSA) is 97.7 Å². The van der Waals surface area contributed by atoms with Crippen molar-refractivity contribution in [2.45, 2.75) is 6.92 Å². The Labute approximate surface area is 166 Å². The number of hydrogen-bond acceptors (Lipinski definition) is 6. The average molecular weight is 399 g/mol. The van der Waals surface area contributed by atoms with E-state index in [1.807, 2.05) is 6.92 Å². The van der Waals surface area contributed by atoms with Crippen molar-refractivity contribution < 1.29 is 23.8 Å². The molecule has 0 fully saturated rings. The zero-order valence-electron chi connectivity index (χ0n) is 14.8. The van der Waals surface area contributed by atoms with Crippen molar-refractivity contribution in [1.82, 2.24) is 0 Å². The molecule has 0 aromatic heterocycles. The van der Waals surface area contributed by atoms with Gasteiger partial charge in [-0.2, -0.15) is 5.26 Å². The van der Waals surface area contributed by atoms with Crippen molar-refractivity contribution in [3.8, 4) is 17.6 Å². The molecule has 2 aromatic rings. The van der Waals surface area contributed by atoms with Crippen molar-refractivity contribution in [2.24, 2.45) is 0 Å². The number of nitrogens with one attached hydrogen (secondary N) is 1. The van der Waals surface area contributed by atoms with Gasteiger partial charge in [-0.1, -0.05) is 23.7 Å². The van der Waals surface area contributed by atoms with Gasteiger partial charge in [0.1, 0.15) is 11.6 Å². The Morgan fingerprint density at radius 3 is 2.79 bits per heavy atom. The number of esters is 1. The first-order valence-electron chi connectivity index (χ1n) is 8.21. The molecule has 3 rings (SSSR count). The van der Waals surface area contributed by atoms with Crippen molar-refractivity contribution >= 4 is 35.2 Å². The highest BCUT2D eigenvalue weighted by molar-refractivity contribution is 6.33. The van der Waals surface area contributed by atoms with Gasteiger partial charge in [-0.25, -0.2) is 4.79 Å². The third-order valence-electron chi connectivity index (χ3n) is 3.78. The molecule has 0 bridgehead atoms. The van der Waals surface area contributed by atoms with Gasteiger partial charge in [0.25, 0.3) is 5.91 Å². The van der Waals surface area contributed by atoms with Crippen LogP contribution >= 0.6 is 11.6 Å². The molecule has 0 radical (unpaired) electrons. The van der Waals surface area contributed by atoms with E-state index in [0.717, 1.165) is 5.56 Å². The van der Waals surface area contributed by atoms with Gasteiger partial charge in [-0.3, -0.25) is 4.79 Å². The lowest BCUT2D eigenvalue weighted by Crippen LogP contribution is -2.21. The summed E-state index contributed by atoms with van der Waals surface area (Å²) in [5.74, 6) is -0.372. The molecule has 142 valence electrons. The van der Waals surface area contributed by atoms with Gasteiger partial charge in [0.05, 0.1) is 10.7 Å². The summed E-state index contributed by atoms with van der Waals surface area (Å²) in [6.07, 6.45) is 1.35. The molecule has 0 unspecified atom stereocenters. The minimum atomic E-state index is -0.912. The number of aryl methyl sites for hydroxylation is 1. The van der Waals surface area contributed by atoms with Crippen LogP contribution in [-0.4, -0.2) is 25.3 Å². The van der Waals surface area contributed by atoms with Crippen LogP contribution in [0.4, 0.5) is 5.69 Å². The molecular weight excluding hydrogens is 384 g/mol. The molecule has 1 heterocycles. The molecule has 2 aromatic carbocycles. The van der Waals surface area contributed by atoms with E-state index in [1.165, 1.54) is 6.08 Å². The molecule has 28 heavy (non-hydrogen) atoms. The van der Waals surface area contributed by atoms with Crippen molar-refractivity contribution in [3.63, 3.8) is 0 Å². The van der Waals surface area contributed by atoms with E-state index in [2.05, 4.69) is 5.32 Å². The van der Waals surface area contributed by atoms with Crippen molar-refractivity contribution in [3.05, 3.63) is 58.1 Å². The third kappa shape index (κ3) is 4.61. The number of amides is 1. The van der Waals surface area contributed by atoms with E-state index >= 15 is 0 Å². The maximum Gasteiger partial charge on any atom is 0.349 e. The Morgan fingerprint density at radius 1 is 1.25 bits per heavy atom. The van der Waals surface area contributed by atoms with Crippen LogP contribution in [0.5, 0.6) is 11.5 Å². The number of nitriles is 1. The Kier molecular flexibility index (Phi) is 5.82. The minimum Gasteiger partial charge on any atom is -0.454 e. The van der Waals surface area contributed by atoms with Gasteiger partial charge in [-0.05, 0) is 48.4 Å². The molecule has 8 heteroatoms. The number of anilines is 1. The molecular formula is C20H15ClN2O5. The number of nitrogens with zero attached hydrogens (tertiary/aromatic N) is 1. The summed E-state index contributed by atoms with van der Waals surface area (Å²) in [6, 6.07) is 11.9. The molecule has 1 aliphatic rings. The van der Waals surface area contributed by atoms with Crippen LogP contribution in [0.2, 0.25) is 5.02 Å². The molecule has 0 atom stereocenters. The third-order valence-corrected chi connectivity index (χ3v) is 4.09. The van der Waals surface area contributed by atoms with Gasteiger partial charge in [-0.15, -0.1) is 0 Å². The van der Waals surface area contributed by atoms with Crippen LogP contribution in [-0.2, 0) is 14.3 Å². The molecule has 1 N–H and O–H groups in total. The summed E-state index contributed by atoms with van der Waals surface area (Å²) >= 11 is 6.05. The number of hydrogen-bond donors (Lipinski definition) is 1. The number of rotatable bonds is 5. The second-order valence-electron chi connectivity index (χ2n) is 5.89. The van der Waals surface area contributed by atoms with Crippen LogP contribution in [0.25, 0.3) is 6.08 Å². The summed E-state index contributed by atoms with van der Waals surface area (Å²) in [5, 5.41) is 12.1. The summed E-state index contributed by atoms with van der Waals surface area (Å²) in [7, 11) is 0. The number of carbonyl (C=O) groups excluding carboxylic acids is 2. The largest absolute Gasteiger partial charge is 0.454 e. The lowest BCUT2D eigenvalue weighted by Gasteiger charge is -2.08.